The zero-order chi connectivity index (χ0) is 19.6. The molecule has 2 aromatic rings. The van der Waals surface area contributed by atoms with Crippen molar-refractivity contribution in [2.24, 2.45) is 5.92 Å². The van der Waals surface area contributed by atoms with Crippen molar-refractivity contribution in [1.29, 1.82) is 0 Å². The van der Waals surface area contributed by atoms with E-state index in [1.165, 1.54) is 6.08 Å². The third-order valence-corrected chi connectivity index (χ3v) is 4.22. The van der Waals surface area contributed by atoms with E-state index in [4.69, 9.17) is 9.47 Å². The highest BCUT2D eigenvalue weighted by Crippen LogP contribution is 2.29. The van der Waals surface area contributed by atoms with E-state index in [0.717, 1.165) is 35.4 Å². The van der Waals surface area contributed by atoms with E-state index in [9.17, 15) is 4.79 Å². The molecule has 0 unspecified atom stereocenters. The van der Waals surface area contributed by atoms with E-state index >= 15 is 0 Å². The number of ether oxygens (including phenoxy) is 2. The van der Waals surface area contributed by atoms with Gasteiger partial charge in [0, 0.05) is 11.8 Å². The lowest BCUT2D eigenvalue weighted by molar-refractivity contribution is -0.111. The van der Waals surface area contributed by atoms with Crippen molar-refractivity contribution in [3.63, 3.8) is 0 Å². The molecule has 0 saturated heterocycles. The average molecular weight is 367 g/mol. The molecule has 0 radical (unpaired) electrons. The highest BCUT2D eigenvalue weighted by molar-refractivity contribution is 6.02. The van der Waals surface area contributed by atoms with E-state index in [1.54, 1.807) is 13.2 Å². The lowest BCUT2D eigenvalue weighted by Gasteiger charge is -2.12. The second-order valence-corrected chi connectivity index (χ2v) is 6.77. The lowest BCUT2D eigenvalue weighted by atomic mass is 10.1. The number of anilines is 1. The molecular formula is C23H29NO3. The molecule has 0 atom stereocenters. The highest BCUT2D eigenvalue weighted by atomic mass is 16.5. The van der Waals surface area contributed by atoms with E-state index in [1.807, 2.05) is 42.5 Å². The van der Waals surface area contributed by atoms with Gasteiger partial charge in [0.2, 0.25) is 5.91 Å². The smallest absolute Gasteiger partial charge is 0.248 e. The zero-order valence-electron chi connectivity index (χ0n) is 16.6. The van der Waals surface area contributed by atoms with Gasteiger partial charge in [-0.2, -0.15) is 0 Å². The van der Waals surface area contributed by atoms with Crippen LogP contribution in [0.25, 0.3) is 6.08 Å². The van der Waals surface area contributed by atoms with Crippen LogP contribution in [0.4, 0.5) is 5.69 Å². The number of carbonyl (C=O) groups is 1. The summed E-state index contributed by atoms with van der Waals surface area (Å²) in [5.74, 6) is 1.82. The van der Waals surface area contributed by atoms with Gasteiger partial charge in [0.05, 0.1) is 13.7 Å². The number of benzene rings is 2. The first kappa shape index (κ1) is 20.6. The van der Waals surface area contributed by atoms with Crippen LogP contribution in [-0.4, -0.2) is 19.6 Å². The maximum absolute atomic E-state index is 12.2. The summed E-state index contributed by atoms with van der Waals surface area (Å²) in [4.78, 5) is 12.2. The highest BCUT2D eigenvalue weighted by Gasteiger charge is 2.06. The Morgan fingerprint density at radius 3 is 2.63 bits per heavy atom. The number of amides is 1. The first-order valence-electron chi connectivity index (χ1n) is 9.41. The predicted octanol–water partition coefficient (Wildman–Crippen LogP) is 5.33. The molecule has 0 heterocycles. The minimum Gasteiger partial charge on any atom is -0.493 e. The predicted molar refractivity (Wildman–Crippen MR) is 111 cm³/mol. The molecule has 0 bridgehead atoms. The van der Waals surface area contributed by atoms with Crippen molar-refractivity contribution in [1.82, 2.24) is 0 Å². The summed E-state index contributed by atoms with van der Waals surface area (Å²) in [5, 5.41) is 2.93. The topological polar surface area (TPSA) is 47.6 Å². The Labute approximate surface area is 162 Å². The molecule has 1 N–H and O–H groups in total. The second-order valence-electron chi connectivity index (χ2n) is 6.77. The van der Waals surface area contributed by atoms with E-state index in [0.29, 0.717) is 18.3 Å². The van der Waals surface area contributed by atoms with Gasteiger partial charge in [-0.15, -0.1) is 0 Å². The van der Waals surface area contributed by atoms with Gasteiger partial charge in [0.15, 0.2) is 11.5 Å². The van der Waals surface area contributed by atoms with E-state index in [-0.39, 0.29) is 5.91 Å². The fraction of sp³-hybridized carbons (Fsp3) is 0.348. The largest absolute Gasteiger partial charge is 0.493 e. The molecule has 0 fully saturated rings. The minimum absolute atomic E-state index is 0.160. The molecule has 0 spiro atoms. The van der Waals surface area contributed by atoms with Crippen molar-refractivity contribution in [3.8, 4) is 11.5 Å². The average Bonchev–Trinajstić information content (AvgIpc) is 2.67. The molecular weight excluding hydrogens is 338 g/mol. The van der Waals surface area contributed by atoms with Crippen molar-refractivity contribution in [3.05, 3.63) is 59.7 Å². The summed E-state index contributed by atoms with van der Waals surface area (Å²) in [6, 6.07) is 13.5. The first-order valence-corrected chi connectivity index (χ1v) is 9.41. The van der Waals surface area contributed by atoms with Gasteiger partial charge in [-0.1, -0.05) is 45.0 Å². The standard InChI is InChI=1S/C23H29NO3/c1-5-19-8-6-7-9-20(19)24-23(25)13-11-18-10-12-21(22(16-18)26-4)27-15-14-17(2)3/h6-13,16-17H,5,14-15H2,1-4H3,(H,24,25)/b13-11+. The summed E-state index contributed by atoms with van der Waals surface area (Å²) in [6.07, 6.45) is 5.16. The van der Waals surface area contributed by atoms with Crippen molar-refractivity contribution in [2.45, 2.75) is 33.6 Å². The summed E-state index contributed by atoms with van der Waals surface area (Å²) in [5.41, 5.74) is 2.84. The molecule has 144 valence electrons. The Bertz CT molecular complexity index is 781. The van der Waals surface area contributed by atoms with Crippen LogP contribution in [0.2, 0.25) is 0 Å². The zero-order valence-corrected chi connectivity index (χ0v) is 16.6. The number of para-hydroxylation sites is 1. The van der Waals surface area contributed by atoms with Gasteiger partial charge < -0.3 is 14.8 Å². The first-order chi connectivity index (χ1) is 13.0. The Morgan fingerprint density at radius 1 is 1.15 bits per heavy atom. The van der Waals surface area contributed by atoms with Gasteiger partial charge in [-0.05, 0) is 54.2 Å². The minimum atomic E-state index is -0.160. The molecule has 0 aliphatic heterocycles. The number of hydrogen-bond donors (Lipinski definition) is 1. The molecule has 27 heavy (non-hydrogen) atoms. The maximum atomic E-state index is 12.2. The molecule has 1 amide bonds. The van der Waals surface area contributed by atoms with Crippen LogP contribution in [0, 0.1) is 5.92 Å². The molecule has 4 nitrogen and oxygen atoms in total. The molecule has 4 heteroatoms. The monoisotopic (exact) mass is 367 g/mol. The van der Waals surface area contributed by atoms with Crippen LogP contribution >= 0.6 is 0 Å². The van der Waals surface area contributed by atoms with Crippen LogP contribution < -0.4 is 14.8 Å². The van der Waals surface area contributed by atoms with Gasteiger partial charge in [0.1, 0.15) is 0 Å². The quantitative estimate of drug-likeness (QED) is 0.609. The summed E-state index contributed by atoms with van der Waals surface area (Å²) in [6.45, 7) is 7.05. The van der Waals surface area contributed by atoms with E-state index in [2.05, 4.69) is 26.1 Å². The van der Waals surface area contributed by atoms with Gasteiger partial charge in [-0.3, -0.25) is 4.79 Å². The number of hydrogen-bond acceptors (Lipinski definition) is 3. The second kappa shape index (κ2) is 10.4. The van der Waals surface area contributed by atoms with E-state index < -0.39 is 0 Å². The third-order valence-electron chi connectivity index (χ3n) is 4.22. The summed E-state index contributed by atoms with van der Waals surface area (Å²) >= 11 is 0. The third kappa shape index (κ3) is 6.48. The molecule has 0 aromatic heterocycles. The van der Waals surface area contributed by atoms with Crippen LogP contribution in [0.1, 0.15) is 38.3 Å². The van der Waals surface area contributed by atoms with Crippen LogP contribution in [0.15, 0.2) is 48.5 Å². The maximum Gasteiger partial charge on any atom is 0.248 e. The Morgan fingerprint density at radius 2 is 1.93 bits per heavy atom. The molecule has 2 aromatic carbocycles. The van der Waals surface area contributed by atoms with Gasteiger partial charge in [-0.25, -0.2) is 0 Å². The molecule has 0 aliphatic rings. The number of methoxy groups -OCH3 is 1. The molecule has 0 aliphatic carbocycles. The summed E-state index contributed by atoms with van der Waals surface area (Å²) in [7, 11) is 1.62. The van der Waals surface area contributed by atoms with Crippen molar-refractivity contribution >= 4 is 17.7 Å². The number of rotatable bonds is 9. The van der Waals surface area contributed by atoms with Crippen molar-refractivity contribution in [2.75, 3.05) is 19.0 Å². The summed E-state index contributed by atoms with van der Waals surface area (Å²) < 4.78 is 11.2. The Kier molecular flexibility index (Phi) is 7.93. The SMILES string of the molecule is CCc1ccccc1NC(=O)/C=C/c1ccc(OCCC(C)C)c(OC)c1. The fourth-order valence-corrected chi connectivity index (χ4v) is 2.61. The molecule has 2 rings (SSSR count). The Hall–Kier alpha value is -2.75. The van der Waals surface area contributed by atoms with Gasteiger partial charge >= 0.3 is 0 Å². The van der Waals surface area contributed by atoms with Crippen LogP contribution in [0.3, 0.4) is 0 Å². The number of carbonyl (C=O) groups excluding carboxylic acids is 1. The fourth-order valence-electron chi connectivity index (χ4n) is 2.61. The number of aryl methyl sites for hydroxylation is 1. The molecule has 0 saturated carbocycles. The van der Waals surface area contributed by atoms with Gasteiger partial charge in [0.25, 0.3) is 0 Å². The lowest BCUT2D eigenvalue weighted by Crippen LogP contribution is -2.09. The Balaban J connectivity index is 2.02. The normalized spacial score (nSPS) is 11.0. The van der Waals surface area contributed by atoms with Crippen LogP contribution in [0.5, 0.6) is 11.5 Å². The van der Waals surface area contributed by atoms with Crippen LogP contribution in [-0.2, 0) is 11.2 Å². The van der Waals surface area contributed by atoms with Crippen molar-refractivity contribution < 1.29 is 14.3 Å². The number of nitrogens with one attached hydrogen (secondary N) is 1.